The Balaban J connectivity index is 1.58. The molecule has 0 aromatic heterocycles. The number of hydrogen-bond acceptors (Lipinski definition) is 1. The lowest BCUT2D eigenvalue weighted by Crippen LogP contribution is -2.29. The first kappa shape index (κ1) is 12.9. The maximum Gasteiger partial charge on any atom is 0.0317 e. The van der Waals surface area contributed by atoms with Gasteiger partial charge in [0.25, 0.3) is 0 Å². The highest BCUT2D eigenvalue weighted by Crippen LogP contribution is 2.43. The first-order valence-electron chi connectivity index (χ1n) is 7.74. The highest BCUT2D eigenvalue weighted by atomic mass is 14.9. The smallest absolute Gasteiger partial charge is 0.0317 e. The van der Waals surface area contributed by atoms with Crippen molar-refractivity contribution in [2.45, 2.75) is 39.2 Å². The van der Waals surface area contributed by atoms with Crippen molar-refractivity contribution in [3.8, 4) is 0 Å². The summed E-state index contributed by atoms with van der Waals surface area (Å²) in [6.45, 7) is 5.61. The summed E-state index contributed by atoms with van der Waals surface area (Å²) in [4.78, 5) is 0. The molecule has 4 unspecified atom stereocenters. The van der Waals surface area contributed by atoms with E-state index in [-0.39, 0.29) is 0 Å². The van der Waals surface area contributed by atoms with Crippen LogP contribution in [-0.4, -0.2) is 6.54 Å². The SMILES string of the molecule is CCC(NCC1CC2C=CC1C2)c1ccc(C)cc1. The monoisotopic (exact) mass is 255 g/mol. The second kappa shape index (κ2) is 5.50. The van der Waals surface area contributed by atoms with E-state index >= 15 is 0 Å². The number of allylic oxidation sites excluding steroid dienone is 2. The first-order valence-corrected chi connectivity index (χ1v) is 7.74. The fourth-order valence-electron chi connectivity index (χ4n) is 3.72. The zero-order valence-corrected chi connectivity index (χ0v) is 12.1. The predicted octanol–water partition coefficient (Wildman–Crippen LogP) is 4.25. The molecule has 1 fully saturated rings. The zero-order chi connectivity index (χ0) is 13.2. The molecule has 3 rings (SSSR count). The van der Waals surface area contributed by atoms with Crippen molar-refractivity contribution in [2.24, 2.45) is 17.8 Å². The molecule has 102 valence electrons. The fourth-order valence-corrected chi connectivity index (χ4v) is 3.72. The molecule has 4 atom stereocenters. The molecule has 1 N–H and O–H groups in total. The molecule has 2 aliphatic carbocycles. The van der Waals surface area contributed by atoms with Gasteiger partial charge in [-0.25, -0.2) is 0 Å². The minimum atomic E-state index is 0.517. The van der Waals surface area contributed by atoms with E-state index in [0.29, 0.717) is 6.04 Å². The Labute approximate surface area is 117 Å². The van der Waals surface area contributed by atoms with Crippen molar-refractivity contribution < 1.29 is 0 Å². The van der Waals surface area contributed by atoms with Crippen LogP contribution in [-0.2, 0) is 0 Å². The number of rotatable bonds is 5. The van der Waals surface area contributed by atoms with Gasteiger partial charge in [0.1, 0.15) is 0 Å². The van der Waals surface area contributed by atoms with Crippen molar-refractivity contribution in [2.75, 3.05) is 6.54 Å². The van der Waals surface area contributed by atoms with Crippen molar-refractivity contribution in [3.63, 3.8) is 0 Å². The summed E-state index contributed by atoms with van der Waals surface area (Å²) >= 11 is 0. The number of fused-ring (bicyclic) bond motifs is 2. The van der Waals surface area contributed by atoms with Crippen molar-refractivity contribution in [3.05, 3.63) is 47.5 Å². The fraction of sp³-hybridized carbons (Fsp3) is 0.556. The molecule has 1 aromatic rings. The van der Waals surface area contributed by atoms with Crippen LogP contribution in [0.2, 0.25) is 0 Å². The molecule has 1 heteroatoms. The van der Waals surface area contributed by atoms with Crippen LogP contribution >= 0.6 is 0 Å². The zero-order valence-electron chi connectivity index (χ0n) is 12.1. The summed E-state index contributed by atoms with van der Waals surface area (Å²) in [5.74, 6) is 2.61. The summed E-state index contributed by atoms with van der Waals surface area (Å²) < 4.78 is 0. The molecule has 0 spiro atoms. The van der Waals surface area contributed by atoms with Gasteiger partial charge in [-0.05, 0) is 56.0 Å². The molecule has 0 saturated heterocycles. The highest BCUT2D eigenvalue weighted by Gasteiger charge is 2.35. The Kier molecular flexibility index (Phi) is 3.74. The minimum Gasteiger partial charge on any atom is -0.310 e. The van der Waals surface area contributed by atoms with E-state index in [4.69, 9.17) is 0 Å². The Hall–Kier alpha value is -1.08. The summed E-state index contributed by atoms with van der Waals surface area (Å²) in [7, 11) is 0. The van der Waals surface area contributed by atoms with Gasteiger partial charge in [0.15, 0.2) is 0 Å². The molecule has 2 bridgehead atoms. The van der Waals surface area contributed by atoms with Crippen LogP contribution in [0, 0.1) is 24.7 Å². The van der Waals surface area contributed by atoms with E-state index in [0.717, 1.165) is 17.8 Å². The van der Waals surface area contributed by atoms with Gasteiger partial charge in [-0.2, -0.15) is 0 Å². The molecule has 1 nitrogen and oxygen atoms in total. The van der Waals surface area contributed by atoms with Crippen molar-refractivity contribution in [1.29, 1.82) is 0 Å². The standard InChI is InChI=1S/C18H25N/c1-3-18(15-7-4-13(2)5-8-15)19-12-17-11-14-6-9-16(17)10-14/h4-9,14,16-19H,3,10-12H2,1-2H3. The lowest BCUT2D eigenvalue weighted by atomic mass is 9.93. The van der Waals surface area contributed by atoms with E-state index in [1.165, 1.54) is 36.9 Å². The largest absolute Gasteiger partial charge is 0.310 e. The van der Waals surface area contributed by atoms with Gasteiger partial charge in [-0.3, -0.25) is 0 Å². The number of aryl methyl sites for hydroxylation is 1. The number of hydrogen-bond donors (Lipinski definition) is 1. The summed E-state index contributed by atoms with van der Waals surface area (Å²) in [6, 6.07) is 9.51. The minimum absolute atomic E-state index is 0.517. The lowest BCUT2D eigenvalue weighted by Gasteiger charge is -2.23. The van der Waals surface area contributed by atoms with Crippen LogP contribution < -0.4 is 5.32 Å². The maximum absolute atomic E-state index is 3.80. The Bertz CT molecular complexity index is 445. The Morgan fingerprint density at radius 2 is 1.95 bits per heavy atom. The van der Waals surface area contributed by atoms with Crippen molar-refractivity contribution in [1.82, 2.24) is 5.32 Å². The molecular weight excluding hydrogens is 230 g/mol. The van der Waals surface area contributed by atoms with Gasteiger partial charge < -0.3 is 5.32 Å². The first-order chi connectivity index (χ1) is 9.26. The third-order valence-corrected chi connectivity index (χ3v) is 4.93. The van der Waals surface area contributed by atoms with Gasteiger partial charge >= 0.3 is 0 Å². The van der Waals surface area contributed by atoms with Gasteiger partial charge in [0.05, 0.1) is 0 Å². The van der Waals surface area contributed by atoms with E-state index in [1.54, 1.807) is 0 Å². The predicted molar refractivity (Wildman–Crippen MR) is 81.1 cm³/mol. The van der Waals surface area contributed by atoms with E-state index in [1.807, 2.05) is 0 Å². The summed E-state index contributed by atoms with van der Waals surface area (Å²) in [5.41, 5.74) is 2.78. The van der Waals surface area contributed by atoms with Crippen LogP contribution in [0.5, 0.6) is 0 Å². The molecule has 0 amide bonds. The van der Waals surface area contributed by atoms with Crippen molar-refractivity contribution >= 4 is 0 Å². The molecule has 0 aliphatic heterocycles. The third-order valence-electron chi connectivity index (χ3n) is 4.93. The van der Waals surface area contributed by atoms with Gasteiger partial charge in [0, 0.05) is 6.04 Å². The Morgan fingerprint density at radius 3 is 2.53 bits per heavy atom. The normalized spacial score (nSPS) is 29.9. The quantitative estimate of drug-likeness (QED) is 0.776. The molecule has 0 radical (unpaired) electrons. The molecule has 2 aliphatic rings. The highest BCUT2D eigenvalue weighted by molar-refractivity contribution is 5.24. The lowest BCUT2D eigenvalue weighted by molar-refractivity contribution is 0.381. The second-order valence-corrected chi connectivity index (χ2v) is 6.32. The van der Waals surface area contributed by atoms with Crippen LogP contribution in [0.4, 0.5) is 0 Å². The average Bonchev–Trinajstić information content (AvgIpc) is 3.04. The molecular formula is C18H25N. The van der Waals surface area contributed by atoms with E-state index < -0.39 is 0 Å². The van der Waals surface area contributed by atoms with Gasteiger partial charge in [0.2, 0.25) is 0 Å². The maximum atomic E-state index is 3.80. The molecule has 1 aromatic carbocycles. The second-order valence-electron chi connectivity index (χ2n) is 6.32. The Morgan fingerprint density at radius 1 is 1.16 bits per heavy atom. The summed E-state index contributed by atoms with van der Waals surface area (Å²) in [5, 5.41) is 3.80. The van der Waals surface area contributed by atoms with E-state index in [2.05, 4.69) is 55.6 Å². The van der Waals surface area contributed by atoms with E-state index in [9.17, 15) is 0 Å². The molecule has 19 heavy (non-hydrogen) atoms. The third kappa shape index (κ3) is 2.76. The number of benzene rings is 1. The molecule has 0 heterocycles. The molecule has 1 saturated carbocycles. The van der Waals surface area contributed by atoms with Crippen LogP contribution in [0.3, 0.4) is 0 Å². The topological polar surface area (TPSA) is 12.0 Å². The summed E-state index contributed by atoms with van der Waals surface area (Å²) in [6.07, 6.45) is 8.86. The number of nitrogens with one attached hydrogen (secondary N) is 1. The van der Waals surface area contributed by atoms with Crippen LogP contribution in [0.25, 0.3) is 0 Å². The van der Waals surface area contributed by atoms with Gasteiger partial charge in [-0.1, -0.05) is 48.9 Å². The van der Waals surface area contributed by atoms with Crippen LogP contribution in [0.15, 0.2) is 36.4 Å². The van der Waals surface area contributed by atoms with Gasteiger partial charge in [-0.15, -0.1) is 0 Å². The van der Waals surface area contributed by atoms with Crippen LogP contribution in [0.1, 0.15) is 43.4 Å². The average molecular weight is 255 g/mol.